The first-order valence-corrected chi connectivity index (χ1v) is 9.50. The minimum absolute atomic E-state index is 0.0124. The lowest BCUT2D eigenvalue weighted by Crippen LogP contribution is -2.42. The van der Waals surface area contributed by atoms with E-state index in [1.54, 1.807) is 4.52 Å². The number of aromatic amines is 1. The number of amides is 1. The third-order valence-electron chi connectivity index (χ3n) is 5.79. The monoisotopic (exact) mass is 371 g/mol. The Kier molecular flexibility index (Phi) is 4.22. The van der Waals surface area contributed by atoms with Gasteiger partial charge in [0.15, 0.2) is 5.65 Å². The third-order valence-corrected chi connectivity index (χ3v) is 5.79. The molecule has 4 rings (SSSR count). The number of piperidine rings is 1. The summed E-state index contributed by atoms with van der Waals surface area (Å²) >= 11 is 0. The van der Waals surface area contributed by atoms with Crippen LogP contribution in [-0.2, 0) is 5.41 Å². The molecule has 3 heterocycles. The zero-order chi connectivity index (χ0) is 19.3. The number of nitrogens with one attached hydrogen (secondary N) is 1. The molecule has 144 valence electrons. The van der Waals surface area contributed by atoms with Crippen molar-refractivity contribution in [2.75, 3.05) is 19.6 Å². The van der Waals surface area contributed by atoms with Crippen molar-refractivity contribution in [3.63, 3.8) is 0 Å². The van der Waals surface area contributed by atoms with E-state index >= 15 is 0 Å². The van der Waals surface area contributed by atoms with Crippen LogP contribution < -0.4 is 5.73 Å². The summed E-state index contributed by atoms with van der Waals surface area (Å²) in [5.74, 6) is -0.509. The van der Waals surface area contributed by atoms with Crippen LogP contribution in [0.15, 0.2) is 18.3 Å². The van der Waals surface area contributed by atoms with Crippen LogP contribution >= 0.6 is 0 Å². The molecule has 1 amide bonds. The highest BCUT2D eigenvalue weighted by Crippen LogP contribution is 2.38. The second-order valence-electron chi connectivity index (χ2n) is 8.40. The Morgan fingerprint density at radius 3 is 2.70 bits per heavy atom. The maximum Gasteiger partial charge on any atom is 0.251 e. The fourth-order valence-electron chi connectivity index (χ4n) is 4.32. The predicted octanol–water partition coefficient (Wildman–Crippen LogP) is 3.06. The first kappa shape index (κ1) is 18.0. The van der Waals surface area contributed by atoms with E-state index in [1.165, 1.54) is 12.1 Å². The highest BCUT2D eigenvalue weighted by atomic mass is 19.1. The molecule has 1 aromatic carbocycles. The highest BCUT2D eigenvalue weighted by Gasteiger charge is 2.35. The molecule has 0 unspecified atom stereocenters. The van der Waals surface area contributed by atoms with Gasteiger partial charge in [0, 0.05) is 29.8 Å². The molecule has 0 radical (unpaired) electrons. The Morgan fingerprint density at radius 2 is 2.07 bits per heavy atom. The number of hydrogen-bond acceptors (Lipinski definition) is 3. The Balaban J connectivity index is 1.76. The van der Waals surface area contributed by atoms with Gasteiger partial charge in [0.05, 0.1) is 11.1 Å². The van der Waals surface area contributed by atoms with Crippen molar-refractivity contribution < 1.29 is 9.18 Å². The number of likely N-dealkylation sites (tertiary alicyclic amines) is 1. The van der Waals surface area contributed by atoms with Crippen molar-refractivity contribution in [3.05, 3.63) is 35.3 Å². The third kappa shape index (κ3) is 3.00. The molecule has 1 saturated heterocycles. The van der Waals surface area contributed by atoms with Crippen molar-refractivity contribution in [2.45, 2.75) is 39.0 Å². The lowest BCUT2D eigenvalue weighted by molar-refractivity contribution is 0.100. The smallest absolute Gasteiger partial charge is 0.251 e. The highest BCUT2D eigenvalue weighted by molar-refractivity contribution is 6.05. The number of carbonyl (C=O) groups excluding carboxylic acids is 1. The van der Waals surface area contributed by atoms with Gasteiger partial charge in [-0.1, -0.05) is 20.8 Å². The summed E-state index contributed by atoms with van der Waals surface area (Å²) in [6.45, 7) is 9.97. The van der Waals surface area contributed by atoms with Crippen molar-refractivity contribution in [2.24, 2.45) is 11.7 Å². The zero-order valence-electron chi connectivity index (χ0n) is 16.1. The number of hydrogen-bond donors (Lipinski definition) is 2. The molecule has 3 N–H and O–H groups in total. The average molecular weight is 371 g/mol. The zero-order valence-corrected chi connectivity index (χ0v) is 16.1. The molecule has 27 heavy (non-hydrogen) atoms. The number of aromatic nitrogens is 3. The van der Waals surface area contributed by atoms with Gasteiger partial charge < -0.3 is 10.6 Å². The summed E-state index contributed by atoms with van der Waals surface area (Å²) in [4.78, 5) is 18.9. The van der Waals surface area contributed by atoms with E-state index in [0.29, 0.717) is 17.0 Å². The van der Waals surface area contributed by atoms with E-state index in [9.17, 15) is 9.18 Å². The molecule has 6 nitrogen and oxygen atoms in total. The molecule has 1 fully saturated rings. The van der Waals surface area contributed by atoms with Crippen LogP contribution in [0.1, 0.15) is 49.5 Å². The Hall–Kier alpha value is -2.41. The number of imidazole rings is 1. The summed E-state index contributed by atoms with van der Waals surface area (Å²) in [6, 6.07) is 2.52. The molecule has 1 aliphatic rings. The maximum absolute atomic E-state index is 13.9. The fraction of sp³-hybridized carbons (Fsp3) is 0.500. The number of benzene rings is 1. The normalized spacial score (nSPS) is 18.0. The molecular formula is C20H26FN5O. The number of H-pyrrole nitrogens is 1. The van der Waals surface area contributed by atoms with Gasteiger partial charge in [-0.3, -0.25) is 9.89 Å². The number of nitrogens with two attached hydrogens (primary N) is 1. The van der Waals surface area contributed by atoms with E-state index in [1.807, 2.05) is 6.20 Å². The Morgan fingerprint density at radius 1 is 1.37 bits per heavy atom. The Labute approximate surface area is 157 Å². The van der Waals surface area contributed by atoms with Crippen LogP contribution in [-0.4, -0.2) is 45.0 Å². The lowest BCUT2D eigenvalue weighted by atomic mass is 9.75. The minimum Gasteiger partial charge on any atom is -0.366 e. The minimum atomic E-state index is -0.661. The van der Waals surface area contributed by atoms with Gasteiger partial charge in [0.1, 0.15) is 11.3 Å². The second-order valence-corrected chi connectivity index (χ2v) is 8.40. The van der Waals surface area contributed by atoms with Gasteiger partial charge in [0.25, 0.3) is 5.91 Å². The number of halogens is 1. The molecule has 3 aromatic rings. The number of rotatable bonds is 4. The molecule has 1 aliphatic heterocycles. The number of primary amides is 1. The fourth-order valence-corrected chi connectivity index (χ4v) is 4.32. The summed E-state index contributed by atoms with van der Waals surface area (Å²) in [7, 11) is 0. The molecule has 0 saturated carbocycles. The Bertz CT molecular complexity index is 1010. The van der Waals surface area contributed by atoms with Gasteiger partial charge in [-0.15, -0.1) is 0 Å². The first-order chi connectivity index (χ1) is 12.8. The van der Waals surface area contributed by atoms with Gasteiger partial charge in [0.2, 0.25) is 0 Å². The summed E-state index contributed by atoms with van der Waals surface area (Å²) < 4.78 is 15.7. The molecule has 2 aromatic heterocycles. The topological polar surface area (TPSA) is 79.4 Å². The first-order valence-electron chi connectivity index (χ1n) is 9.50. The van der Waals surface area contributed by atoms with Crippen LogP contribution in [0.25, 0.3) is 16.7 Å². The van der Waals surface area contributed by atoms with Crippen molar-refractivity contribution in [1.82, 2.24) is 19.5 Å². The van der Waals surface area contributed by atoms with E-state index in [2.05, 4.69) is 35.8 Å². The van der Waals surface area contributed by atoms with E-state index in [-0.39, 0.29) is 11.0 Å². The summed E-state index contributed by atoms with van der Waals surface area (Å²) in [5, 5.41) is 3.20. The molecule has 0 spiro atoms. The summed E-state index contributed by atoms with van der Waals surface area (Å²) in [6.07, 6.45) is 4.04. The van der Waals surface area contributed by atoms with Crippen LogP contribution in [0.4, 0.5) is 4.39 Å². The quantitative estimate of drug-likeness (QED) is 0.740. The van der Waals surface area contributed by atoms with Crippen molar-refractivity contribution in [3.8, 4) is 0 Å². The molecule has 0 bridgehead atoms. The van der Waals surface area contributed by atoms with E-state index in [0.717, 1.165) is 43.7 Å². The molecule has 0 aliphatic carbocycles. The molecular weight excluding hydrogens is 345 g/mol. The lowest BCUT2D eigenvalue weighted by Gasteiger charge is -2.39. The SMILES string of the molecule is CC(C)CN1CCC(C)(c2c[nH]n3c2nc2cc(F)cc(C(N)=O)c23)CC1. The average Bonchev–Trinajstić information content (AvgIpc) is 3.14. The maximum atomic E-state index is 13.9. The number of fused-ring (bicyclic) bond motifs is 3. The second kappa shape index (κ2) is 6.34. The van der Waals surface area contributed by atoms with Crippen LogP contribution in [0.3, 0.4) is 0 Å². The van der Waals surface area contributed by atoms with Gasteiger partial charge >= 0.3 is 0 Å². The van der Waals surface area contributed by atoms with Crippen molar-refractivity contribution >= 4 is 22.6 Å². The summed E-state index contributed by atoms with van der Waals surface area (Å²) in [5.41, 5.74) is 8.43. The van der Waals surface area contributed by atoms with E-state index < -0.39 is 11.7 Å². The largest absolute Gasteiger partial charge is 0.366 e. The van der Waals surface area contributed by atoms with Crippen LogP contribution in [0.2, 0.25) is 0 Å². The predicted molar refractivity (Wildman–Crippen MR) is 103 cm³/mol. The van der Waals surface area contributed by atoms with Crippen molar-refractivity contribution in [1.29, 1.82) is 0 Å². The molecule has 7 heteroatoms. The van der Waals surface area contributed by atoms with Crippen LogP contribution in [0, 0.1) is 11.7 Å². The van der Waals surface area contributed by atoms with Gasteiger partial charge in [-0.2, -0.15) is 0 Å². The van der Waals surface area contributed by atoms with Gasteiger partial charge in [-0.25, -0.2) is 13.9 Å². The van der Waals surface area contributed by atoms with Crippen LogP contribution in [0.5, 0.6) is 0 Å². The van der Waals surface area contributed by atoms with Gasteiger partial charge in [-0.05, 0) is 37.9 Å². The molecule has 0 atom stereocenters. The standard InChI is InChI=1S/C20H26FN5O/c1-12(2)11-25-6-4-20(3,5-7-25)15-10-23-26-17-14(18(22)27)8-13(21)9-16(17)24-19(15)26/h8-10,12,23H,4-7,11H2,1-3H3,(H2,22,27). The number of nitrogens with zero attached hydrogens (tertiary/aromatic N) is 3. The number of carbonyl (C=O) groups is 1. The van der Waals surface area contributed by atoms with E-state index in [4.69, 9.17) is 5.73 Å².